The van der Waals surface area contributed by atoms with Gasteiger partial charge in [0.15, 0.2) is 0 Å². The molecule has 1 heterocycles. The van der Waals surface area contributed by atoms with Crippen molar-refractivity contribution >= 4 is 17.2 Å². The number of aliphatic imine (C=N–C) groups is 1. The third-order valence-electron chi connectivity index (χ3n) is 5.27. The lowest BCUT2D eigenvalue weighted by Gasteiger charge is -2.19. The highest BCUT2D eigenvalue weighted by atomic mass is 16.3. The summed E-state index contributed by atoms with van der Waals surface area (Å²) < 4.78 is 0. The van der Waals surface area contributed by atoms with Crippen molar-refractivity contribution in [3.05, 3.63) is 108 Å². The van der Waals surface area contributed by atoms with Crippen molar-refractivity contribution in [2.45, 2.75) is 5.92 Å². The number of Topliss-reactive ketones (excluding diaryl/α,β-unsaturated/α-hetero) is 1. The molecule has 2 aromatic carbocycles. The summed E-state index contributed by atoms with van der Waals surface area (Å²) in [6.45, 7) is 3.80. The molecule has 0 saturated heterocycles. The normalized spacial score (nSPS) is 18.4. The number of allylic oxidation sites excluding steroid dienone is 5. The Hall–Kier alpha value is -3.50. The topological polar surface area (TPSA) is 69.9 Å². The molecule has 2 atom stereocenters. The van der Waals surface area contributed by atoms with Crippen molar-refractivity contribution in [2.24, 2.45) is 10.9 Å². The van der Waals surface area contributed by atoms with Crippen LogP contribution in [0.2, 0.25) is 0 Å². The Morgan fingerprint density at radius 2 is 1.90 bits per heavy atom. The lowest BCUT2D eigenvalue weighted by molar-refractivity contribution is -0.110. The number of rotatable bonds is 6. The first-order valence-corrected chi connectivity index (χ1v) is 9.46. The van der Waals surface area contributed by atoms with Gasteiger partial charge in [0.25, 0.3) is 0 Å². The predicted octanol–water partition coefficient (Wildman–Crippen LogP) is 4.20. The molecule has 4 rings (SSSR count). The van der Waals surface area contributed by atoms with E-state index in [1.165, 1.54) is 0 Å². The maximum Gasteiger partial charge on any atom is 0.204 e. The Kier molecular flexibility index (Phi) is 5.10. The first-order valence-electron chi connectivity index (χ1n) is 9.46. The molecule has 0 spiro atoms. The van der Waals surface area contributed by atoms with Crippen LogP contribution in [0, 0.1) is 5.92 Å². The van der Waals surface area contributed by atoms with Crippen LogP contribution in [0.25, 0.3) is 5.70 Å². The summed E-state index contributed by atoms with van der Waals surface area (Å²) in [5, 5.41) is 19.8. The van der Waals surface area contributed by atoms with Gasteiger partial charge in [0, 0.05) is 17.1 Å². The average Bonchev–Trinajstić information content (AvgIpc) is 3.14. The molecule has 144 valence electrons. The van der Waals surface area contributed by atoms with Crippen LogP contribution in [0.4, 0.5) is 0 Å². The summed E-state index contributed by atoms with van der Waals surface area (Å²) in [7, 11) is 0. The summed E-state index contributed by atoms with van der Waals surface area (Å²) in [6.07, 6.45) is 7.68. The lowest BCUT2D eigenvalue weighted by Crippen LogP contribution is -2.26. The van der Waals surface area contributed by atoms with Gasteiger partial charge < -0.3 is 10.2 Å². The summed E-state index contributed by atoms with van der Waals surface area (Å²) in [6, 6.07) is 16.2. The number of hydrogen-bond donors (Lipinski definition) is 2. The molecular formula is C25H21NO3. The van der Waals surface area contributed by atoms with Crippen molar-refractivity contribution in [1.82, 2.24) is 0 Å². The smallest absolute Gasteiger partial charge is 0.204 e. The van der Waals surface area contributed by atoms with E-state index in [1.54, 1.807) is 18.2 Å². The quantitative estimate of drug-likeness (QED) is 0.735. The number of hydrogen-bond acceptors (Lipinski definition) is 4. The largest absolute Gasteiger partial charge is 0.508 e. The van der Waals surface area contributed by atoms with Gasteiger partial charge in [-0.1, -0.05) is 73.3 Å². The third kappa shape index (κ3) is 3.50. The predicted molar refractivity (Wildman–Crippen MR) is 115 cm³/mol. The van der Waals surface area contributed by atoms with Crippen LogP contribution >= 0.6 is 0 Å². The first kappa shape index (κ1) is 18.8. The summed E-state index contributed by atoms with van der Waals surface area (Å²) in [5.74, 6) is -0.865. The van der Waals surface area contributed by atoms with Gasteiger partial charge in [0.2, 0.25) is 5.78 Å². The minimum absolute atomic E-state index is 0.145. The average molecular weight is 383 g/mol. The van der Waals surface area contributed by atoms with E-state index in [2.05, 4.69) is 11.6 Å². The highest BCUT2D eigenvalue weighted by molar-refractivity contribution is 6.49. The van der Waals surface area contributed by atoms with Crippen molar-refractivity contribution in [3.63, 3.8) is 0 Å². The molecule has 0 amide bonds. The summed E-state index contributed by atoms with van der Waals surface area (Å²) in [4.78, 5) is 18.0. The molecule has 2 unspecified atom stereocenters. The number of carbonyl (C=O) groups is 1. The van der Waals surface area contributed by atoms with Gasteiger partial charge >= 0.3 is 0 Å². The van der Waals surface area contributed by atoms with Crippen LogP contribution in [0.5, 0.6) is 5.75 Å². The van der Waals surface area contributed by atoms with E-state index in [4.69, 9.17) is 0 Å². The fraction of sp³-hybridized carbons (Fsp3) is 0.120. The number of ketones is 1. The Bertz CT molecular complexity index is 1090. The van der Waals surface area contributed by atoms with Crippen molar-refractivity contribution < 1.29 is 15.0 Å². The van der Waals surface area contributed by atoms with E-state index < -0.39 is 5.92 Å². The molecule has 0 bridgehead atoms. The molecular weight excluding hydrogens is 362 g/mol. The molecule has 2 aromatic rings. The summed E-state index contributed by atoms with van der Waals surface area (Å²) in [5.41, 5.74) is 3.88. The van der Waals surface area contributed by atoms with E-state index in [-0.39, 0.29) is 24.1 Å². The van der Waals surface area contributed by atoms with E-state index >= 15 is 0 Å². The Labute approximate surface area is 169 Å². The highest BCUT2D eigenvalue weighted by Gasteiger charge is 2.35. The van der Waals surface area contributed by atoms with E-state index in [1.807, 2.05) is 60.7 Å². The standard InChI is InChI=1S/C25H21NO3/c1-16(22(15-27)17-8-3-2-4-9-17)25(29)24-21-13-6-5-12-20(21)23(26-24)18-10-7-11-19(28)14-18/h2-14,21-22,27-28H,1,15H2. The molecule has 2 N–H and O–H groups in total. The molecule has 2 aliphatic rings. The number of benzene rings is 2. The minimum atomic E-state index is -0.484. The SMILES string of the molecule is C=C(C(=O)C1=NC(c2cccc(O)c2)=C2C=CC=CC12)C(CO)c1ccccc1. The zero-order valence-electron chi connectivity index (χ0n) is 15.8. The second kappa shape index (κ2) is 7.86. The number of phenols is 1. The highest BCUT2D eigenvalue weighted by Crippen LogP contribution is 2.38. The zero-order valence-corrected chi connectivity index (χ0v) is 15.8. The molecule has 0 saturated carbocycles. The number of aliphatic hydroxyl groups excluding tert-OH is 1. The molecule has 1 aliphatic carbocycles. The molecule has 0 radical (unpaired) electrons. The van der Waals surface area contributed by atoms with Gasteiger partial charge in [-0.3, -0.25) is 4.79 Å². The fourth-order valence-corrected chi connectivity index (χ4v) is 3.76. The lowest BCUT2D eigenvalue weighted by atomic mass is 9.83. The zero-order chi connectivity index (χ0) is 20.4. The van der Waals surface area contributed by atoms with Crippen LogP contribution in [0.1, 0.15) is 17.0 Å². The van der Waals surface area contributed by atoms with E-state index in [0.717, 1.165) is 16.7 Å². The monoisotopic (exact) mass is 383 g/mol. The Morgan fingerprint density at radius 1 is 1.10 bits per heavy atom. The number of fused-ring (bicyclic) bond motifs is 1. The third-order valence-corrected chi connectivity index (χ3v) is 5.27. The van der Waals surface area contributed by atoms with Gasteiger partial charge in [0.1, 0.15) is 5.75 Å². The van der Waals surface area contributed by atoms with Crippen LogP contribution in [-0.4, -0.2) is 28.3 Å². The molecule has 4 nitrogen and oxygen atoms in total. The number of aromatic hydroxyl groups is 1. The van der Waals surface area contributed by atoms with Crippen LogP contribution < -0.4 is 0 Å². The molecule has 29 heavy (non-hydrogen) atoms. The maximum atomic E-state index is 13.3. The first-order chi connectivity index (χ1) is 14.1. The van der Waals surface area contributed by atoms with E-state index in [0.29, 0.717) is 17.0 Å². The number of aliphatic hydroxyl groups is 1. The van der Waals surface area contributed by atoms with Crippen LogP contribution in [0.3, 0.4) is 0 Å². The second-order valence-electron chi connectivity index (χ2n) is 7.07. The van der Waals surface area contributed by atoms with Crippen LogP contribution in [0.15, 0.2) is 102 Å². The molecule has 0 aromatic heterocycles. The summed E-state index contributed by atoms with van der Waals surface area (Å²) >= 11 is 0. The Balaban J connectivity index is 1.70. The molecule has 1 aliphatic heterocycles. The van der Waals surface area contributed by atoms with Gasteiger partial charge in [0.05, 0.1) is 23.9 Å². The van der Waals surface area contributed by atoms with Gasteiger partial charge in [-0.15, -0.1) is 0 Å². The van der Waals surface area contributed by atoms with Crippen molar-refractivity contribution in [1.29, 1.82) is 0 Å². The van der Waals surface area contributed by atoms with Crippen molar-refractivity contribution in [2.75, 3.05) is 6.61 Å². The molecule has 0 fully saturated rings. The van der Waals surface area contributed by atoms with Gasteiger partial charge in [-0.2, -0.15) is 0 Å². The number of nitrogens with zero attached hydrogens (tertiary/aromatic N) is 1. The van der Waals surface area contributed by atoms with Crippen molar-refractivity contribution in [3.8, 4) is 5.75 Å². The molecule has 4 heteroatoms. The Morgan fingerprint density at radius 3 is 2.62 bits per heavy atom. The number of carbonyl (C=O) groups excluding carboxylic acids is 1. The maximum absolute atomic E-state index is 13.3. The number of phenolic OH excluding ortho intramolecular Hbond substituents is 1. The van der Waals surface area contributed by atoms with E-state index in [9.17, 15) is 15.0 Å². The second-order valence-corrected chi connectivity index (χ2v) is 7.07. The van der Waals surface area contributed by atoms with Crippen LogP contribution in [-0.2, 0) is 4.79 Å². The van der Waals surface area contributed by atoms with Gasteiger partial charge in [-0.05, 0) is 23.3 Å². The fourth-order valence-electron chi connectivity index (χ4n) is 3.76. The van der Waals surface area contributed by atoms with Gasteiger partial charge in [-0.25, -0.2) is 4.99 Å². The minimum Gasteiger partial charge on any atom is -0.508 e.